The Morgan fingerprint density at radius 2 is 0.581 bits per heavy atom. The minimum atomic E-state index is -2.57. The van der Waals surface area contributed by atoms with Crippen molar-refractivity contribution in [3.63, 3.8) is 0 Å². The van der Waals surface area contributed by atoms with Crippen molar-refractivity contribution < 1.29 is 0 Å². The maximum atomic E-state index is 7.96. The highest BCUT2D eigenvalue weighted by molar-refractivity contribution is 7.99. The molecule has 212 valence electrons. The Kier molecular flexibility index (Phi) is 9.14. The summed E-state index contributed by atoms with van der Waals surface area (Å²) < 4.78 is -1.10. The Hall–Kier alpha value is -3.24. The van der Waals surface area contributed by atoms with Crippen LogP contribution >= 0.6 is 37.7 Å². The lowest BCUT2D eigenvalue weighted by molar-refractivity contribution is 0.979. The molecule has 0 heterocycles. The van der Waals surface area contributed by atoms with Crippen LogP contribution in [0.1, 0.15) is 6.42 Å². The van der Waals surface area contributed by atoms with Gasteiger partial charge in [0.2, 0.25) is 4.07 Å². The van der Waals surface area contributed by atoms with Gasteiger partial charge >= 0.3 is 0 Å². The summed E-state index contributed by atoms with van der Waals surface area (Å²) in [6.45, 7) is 0. The number of alkyl halides is 2. The van der Waals surface area contributed by atoms with E-state index < -0.39 is 18.6 Å². The molecule has 0 N–H and O–H groups in total. The molecular weight excluding hydrogens is 601 g/mol. The number of hydrogen-bond donors (Lipinski definition) is 0. The molecule has 6 rings (SSSR count). The number of rotatable bonds is 10. The van der Waals surface area contributed by atoms with Crippen LogP contribution < -0.4 is 31.8 Å². The Morgan fingerprint density at radius 1 is 0.349 bits per heavy atom. The van der Waals surface area contributed by atoms with E-state index in [-0.39, 0.29) is 0 Å². The monoisotopic (exact) mass is 634 g/mol. The summed E-state index contributed by atoms with van der Waals surface area (Å²) in [4.78, 5) is 0. The van der Waals surface area contributed by atoms with Gasteiger partial charge in [0.25, 0.3) is 0 Å². The molecule has 0 aliphatic heterocycles. The Bertz CT molecular complexity index is 1520. The molecule has 0 fully saturated rings. The van der Waals surface area contributed by atoms with Crippen LogP contribution in [0, 0.1) is 0 Å². The van der Waals surface area contributed by atoms with Gasteiger partial charge in [0, 0.05) is 0 Å². The van der Waals surface area contributed by atoms with E-state index in [2.05, 4.69) is 182 Å². The predicted molar refractivity (Wildman–Crippen MR) is 194 cm³/mol. The molecule has 0 spiro atoms. The average Bonchev–Trinajstić information content (AvgIpc) is 3.08. The molecule has 0 amide bonds. The first-order chi connectivity index (χ1) is 21.1. The molecule has 0 saturated heterocycles. The maximum Gasteiger partial charge on any atom is 0.242 e. The van der Waals surface area contributed by atoms with E-state index in [0.29, 0.717) is 6.42 Å². The second kappa shape index (κ2) is 13.2. The first-order valence-electron chi connectivity index (χ1n) is 14.6. The summed E-state index contributed by atoms with van der Waals surface area (Å²) >= 11 is 15.9. The molecule has 4 heteroatoms. The summed E-state index contributed by atoms with van der Waals surface area (Å²) in [6, 6.07) is 65.0. The van der Waals surface area contributed by atoms with Gasteiger partial charge in [-0.3, -0.25) is 0 Å². The molecule has 0 radical (unpaired) electrons. The highest BCUT2D eigenvalue weighted by Crippen LogP contribution is 2.72. The van der Waals surface area contributed by atoms with Gasteiger partial charge in [-0.15, -0.1) is 0 Å². The van der Waals surface area contributed by atoms with Gasteiger partial charge in [0.05, 0.1) is 12.6 Å². The molecule has 0 aliphatic rings. The quantitative estimate of drug-likeness (QED) is 0.105. The van der Waals surface area contributed by atoms with Crippen LogP contribution in [0.3, 0.4) is 0 Å². The Labute approximate surface area is 267 Å². The lowest BCUT2D eigenvalue weighted by atomic mass is 10.3. The molecule has 0 aromatic heterocycles. The first-order valence-corrected chi connectivity index (χ1v) is 19.1. The van der Waals surface area contributed by atoms with Gasteiger partial charge in [-0.25, -0.2) is 0 Å². The van der Waals surface area contributed by atoms with Gasteiger partial charge in [0.1, 0.15) is 46.4 Å². The third-order valence-corrected chi connectivity index (χ3v) is 19.0. The van der Waals surface area contributed by atoms with Crippen LogP contribution in [0.25, 0.3) is 0 Å². The van der Waals surface area contributed by atoms with Crippen molar-refractivity contribution in [2.45, 2.75) is 10.5 Å². The van der Waals surface area contributed by atoms with Gasteiger partial charge in [0.15, 0.2) is 0 Å². The zero-order valence-electron chi connectivity index (χ0n) is 23.9. The third-order valence-electron chi connectivity index (χ3n) is 8.26. The van der Waals surface area contributed by atoms with Crippen molar-refractivity contribution in [1.82, 2.24) is 0 Å². The van der Waals surface area contributed by atoms with Crippen LogP contribution in [-0.4, -0.2) is 10.2 Å². The van der Waals surface area contributed by atoms with Crippen LogP contribution in [0.15, 0.2) is 182 Å². The van der Waals surface area contributed by atoms with Crippen molar-refractivity contribution in [3.8, 4) is 0 Å². The molecule has 6 aromatic carbocycles. The van der Waals surface area contributed by atoms with Gasteiger partial charge in [-0.05, 0) is 72.8 Å². The number of halogens is 2. The van der Waals surface area contributed by atoms with E-state index in [0.717, 1.165) is 6.16 Å². The van der Waals surface area contributed by atoms with E-state index in [1.165, 1.54) is 31.8 Å². The predicted octanol–water partition coefficient (Wildman–Crippen LogP) is 8.50. The van der Waals surface area contributed by atoms with Crippen molar-refractivity contribution in [2.24, 2.45) is 0 Å². The van der Waals surface area contributed by atoms with E-state index in [1.54, 1.807) is 0 Å². The van der Waals surface area contributed by atoms with Crippen LogP contribution in [0.4, 0.5) is 0 Å². The van der Waals surface area contributed by atoms with E-state index in [1.807, 2.05) is 0 Å². The minimum Gasteiger partial charge on any atom is -0.0620 e. The number of benzene rings is 6. The first kappa shape index (κ1) is 29.8. The third kappa shape index (κ3) is 5.59. The maximum absolute atomic E-state index is 7.96. The molecular formula is C39H34Cl2P2+2. The van der Waals surface area contributed by atoms with Crippen LogP contribution in [0.5, 0.6) is 0 Å². The summed E-state index contributed by atoms with van der Waals surface area (Å²) in [7, 11) is -4.71. The van der Waals surface area contributed by atoms with Gasteiger partial charge in [-0.1, -0.05) is 132 Å². The number of hydrogen-bond acceptors (Lipinski definition) is 0. The van der Waals surface area contributed by atoms with Gasteiger partial charge in [-0.2, -0.15) is 0 Å². The largest absolute Gasteiger partial charge is 0.242 e. The summed E-state index contributed by atoms with van der Waals surface area (Å²) in [5.74, 6) is 0. The van der Waals surface area contributed by atoms with E-state index >= 15 is 0 Å². The van der Waals surface area contributed by atoms with Crippen molar-refractivity contribution in [1.29, 1.82) is 0 Å². The van der Waals surface area contributed by atoms with Crippen LogP contribution in [0.2, 0.25) is 0 Å². The highest BCUT2D eigenvalue weighted by atomic mass is 35.5. The summed E-state index contributed by atoms with van der Waals surface area (Å²) in [5, 5.41) is 7.54. The zero-order chi connectivity index (χ0) is 29.6. The topological polar surface area (TPSA) is 0 Å². The van der Waals surface area contributed by atoms with Crippen molar-refractivity contribution in [3.05, 3.63) is 182 Å². The molecule has 0 unspecified atom stereocenters. The minimum absolute atomic E-state index is 0.606. The fourth-order valence-electron chi connectivity index (χ4n) is 6.32. The molecule has 0 saturated carbocycles. The van der Waals surface area contributed by atoms with E-state index in [9.17, 15) is 0 Å². The van der Waals surface area contributed by atoms with Gasteiger partial charge < -0.3 is 0 Å². The SMILES string of the molecule is ClC(Cl)(CC[P+](c1ccccc1)(c1ccccc1)c1ccccc1)[P+](c1ccccc1)(c1ccccc1)c1ccccc1. The zero-order valence-corrected chi connectivity index (χ0v) is 27.2. The molecule has 43 heavy (non-hydrogen) atoms. The van der Waals surface area contributed by atoms with Crippen LogP contribution in [-0.2, 0) is 0 Å². The summed E-state index contributed by atoms with van der Waals surface area (Å²) in [6.07, 6.45) is 1.43. The highest BCUT2D eigenvalue weighted by Gasteiger charge is 2.63. The Balaban J connectivity index is 1.58. The lowest BCUT2D eigenvalue weighted by Gasteiger charge is -2.38. The summed E-state index contributed by atoms with van der Waals surface area (Å²) in [5.41, 5.74) is 0. The molecule has 6 aromatic rings. The smallest absolute Gasteiger partial charge is 0.0620 e. The second-order valence-electron chi connectivity index (χ2n) is 10.6. The fourth-order valence-corrected chi connectivity index (χ4v) is 17.4. The normalized spacial score (nSPS) is 12.1. The lowest BCUT2D eigenvalue weighted by Crippen LogP contribution is -2.43. The second-order valence-corrected chi connectivity index (χ2v) is 19.9. The van der Waals surface area contributed by atoms with E-state index in [4.69, 9.17) is 23.2 Å². The molecule has 0 atom stereocenters. The molecule has 0 aliphatic carbocycles. The fraction of sp³-hybridized carbons (Fsp3) is 0.0769. The standard InChI is InChI=1S/C39H34Cl2P2/c40-39(41,43(36-25-13-4-14-26-36,37-27-15-5-16-28-37)38-29-17-6-18-30-38)31-32-42(33-19-7-1-8-20-33,34-21-9-2-10-22-34)35-23-11-3-12-24-35/h1-30H,31-32H2/q+2. The molecule has 0 bridgehead atoms. The average molecular weight is 636 g/mol. The molecule has 0 nitrogen and oxygen atoms in total. The van der Waals surface area contributed by atoms with Crippen molar-refractivity contribution in [2.75, 3.05) is 6.16 Å². The van der Waals surface area contributed by atoms with Crippen molar-refractivity contribution >= 4 is 69.6 Å². The Morgan fingerprint density at radius 3 is 0.837 bits per heavy atom.